The zero-order valence-corrected chi connectivity index (χ0v) is 13.2. The van der Waals surface area contributed by atoms with E-state index >= 15 is 0 Å². The van der Waals surface area contributed by atoms with Gasteiger partial charge in [0.2, 0.25) is 5.95 Å². The number of halogens is 1. The van der Waals surface area contributed by atoms with Crippen LogP contribution in [0.1, 0.15) is 18.9 Å². The minimum absolute atomic E-state index is 0.251. The maximum Gasteiger partial charge on any atom is 0.223 e. The predicted molar refractivity (Wildman–Crippen MR) is 87.4 cm³/mol. The highest BCUT2D eigenvalue weighted by Crippen LogP contribution is 2.26. The summed E-state index contributed by atoms with van der Waals surface area (Å²) in [7, 11) is 0. The maximum atomic E-state index is 5.74. The first kappa shape index (κ1) is 14.6. The molecule has 2 rings (SSSR count). The summed E-state index contributed by atoms with van der Waals surface area (Å²) in [4.78, 5) is 8.37. The van der Waals surface area contributed by atoms with Crippen LogP contribution < -0.4 is 16.4 Å². The second kappa shape index (κ2) is 6.56. The number of hydrogen-bond acceptors (Lipinski definition) is 5. The Kier molecular flexibility index (Phi) is 4.79. The van der Waals surface area contributed by atoms with Crippen molar-refractivity contribution in [3.63, 3.8) is 0 Å². The molecule has 0 amide bonds. The summed E-state index contributed by atoms with van der Waals surface area (Å²) in [6.07, 6.45) is 1.03. The van der Waals surface area contributed by atoms with Gasteiger partial charge in [0.1, 0.15) is 11.6 Å². The van der Waals surface area contributed by atoms with E-state index in [1.807, 2.05) is 31.2 Å². The minimum atomic E-state index is 0.251. The molecule has 0 aliphatic rings. The topological polar surface area (TPSA) is 75.9 Å². The molecule has 0 saturated heterocycles. The molecule has 0 spiro atoms. The van der Waals surface area contributed by atoms with Crippen LogP contribution in [-0.2, 0) is 0 Å². The number of anilines is 4. The van der Waals surface area contributed by atoms with E-state index in [1.54, 1.807) is 0 Å². The summed E-state index contributed by atoms with van der Waals surface area (Å²) in [5, 5.41) is 6.48. The molecule has 0 bridgehead atoms. The molecule has 0 radical (unpaired) electrons. The Balaban J connectivity index is 2.24. The molecule has 0 saturated carbocycles. The molecular formula is C14H18BrN5. The molecule has 106 valence electrons. The Morgan fingerprint density at radius 3 is 2.75 bits per heavy atom. The van der Waals surface area contributed by atoms with Crippen LogP contribution in [-0.4, -0.2) is 16.5 Å². The van der Waals surface area contributed by atoms with Crippen molar-refractivity contribution >= 4 is 39.2 Å². The van der Waals surface area contributed by atoms with Crippen LogP contribution in [0.3, 0.4) is 0 Å². The Hall–Kier alpha value is -1.82. The maximum absolute atomic E-state index is 5.74. The number of nitrogen functional groups attached to an aromatic ring is 1. The SMILES string of the molecule is CCCNc1cc(Nc2cccc(Br)c2C)nc(N)n1. The standard InChI is InChI=1S/C14H18BrN5/c1-3-7-17-12-8-13(20-14(16)19-12)18-11-6-4-5-10(15)9(11)2/h4-6,8H,3,7H2,1-2H3,(H4,16,17,18,19,20). The van der Waals surface area contributed by atoms with E-state index in [-0.39, 0.29) is 5.95 Å². The summed E-state index contributed by atoms with van der Waals surface area (Å²) in [5.74, 6) is 1.66. The second-order valence-corrected chi connectivity index (χ2v) is 5.32. The molecule has 1 heterocycles. The number of aromatic nitrogens is 2. The number of nitrogens with two attached hydrogens (primary N) is 1. The third-order valence-corrected chi connectivity index (χ3v) is 3.69. The Labute approximate surface area is 127 Å². The number of nitrogens with zero attached hydrogens (tertiary/aromatic N) is 2. The van der Waals surface area contributed by atoms with Crippen molar-refractivity contribution in [2.45, 2.75) is 20.3 Å². The zero-order chi connectivity index (χ0) is 14.5. The third-order valence-electron chi connectivity index (χ3n) is 2.83. The fourth-order valence-corrected chi connectivity index (χ4v) is 2.12. The van der Waals surface area contributed by atoms with Gasteiger partial charge in [0, 0.05) is 22.8 Å². The first-order chi connectivity index (χ1) is 9.60. The molecule has 0 fully saturated rings. The van der Waals surface area contributed by atoms with Crippen molar-refractivity contribution in [2.24, 2.45) is 0 Å². The van der Waals surface area contributed by atoms with Gasteiger partial charge in [-0.05, 0) is 31.0 Å². The van der Waals surface area contributed by atoms with Gasteiger partial charge in [-0.15, -0.1) is 0 Å². The summed E-state index contributed by atoms with van der Waals surface area (Å²) in [6, 6.07) is 7.83. The van der Waals surface area contributed by atoms with Crippen molar-refractivity contribution < 1.29 is 0 Å². The lowest BCUT2D eigenvalue weighted by molar-refractivity contribution is 0.967. The highest BCUT2D eigenvalue weighted by molar-refractivity contribution is 9.10. The van der Waals surface area contributed by atoms with Crippen LogP contribution in [0.15, 0.2) is 28.7 Å². The lowest BCUT2D eigenvalue weighted by Gasteiger charge is -2.12. The Morgan fingerprint density at radius 2 is 2.00 bits per heavy atom. The molecule has 0 aliphatic heterocycles. The monoisotopic (exact) mass is 335 g/mol. The molecule has 1 aromatic heterocycles. The number of rotatable bonds is 5. The van der Waals surface area contributed by atoms with Gasteiger partial charge in [0.15, 0.2) is 0 Å². The number of nitrogens with one attached hydrogen (secondary N) is 2. The fourth-order valence-electron chi connectivity index (χ4n) is 1.75. The Bertz CT molecular complexity index is 600. The molecule has 1 aromatic carbocycles. The molecule has 5 nitrogen and oxygen atoms in total. The van der Waals surface area contributed by atoms with E-state index in [9.17, 15) is 0 Å². The molecule has 0 unspecified atom stereocenters. The largest absolute Gasteiger partial charge is 0.370 e. The van der Waals surface area contributed by atoms with Crippen molar-refractivity contribution in [1.29, 1.82) is 0 Å². The molecule has 2 aromatic rings. The van der Waals surface area contributed by atoms with Crippen molar-refractivity contribution in [1.82, 2.24) is 9.97 Å². The molecule has 0 aliphatic carbocycles. The van der Waals surface area contributed by atoms with E-state index in [2.05, 4.69) is 43.5 Å². The number of hydrogen-bond donors (Lipinski definition) is 3. The first-order valence-electron chi connectivity index (χ1n) is 6.50. The van der Waals surface area contributed by atoms with Crippen molar-refractivity contribution in [3.8, 4) is 0 Å². The summed E-state index contributed by atoms with van der Waals surface area (Å²) < 4.78 is 1.05. The molecule has 4 N–H and O–H groups in total. The van der Waals surface area contributed by atoms with E-state index in [1.165, 1.54) is 0 Å². The minimum Gasteiger partial charge on any atom is -0.370 e. The van der Waals surface area contributed by atoms with E-state index in [0.29, 0.717) is 5.82 Å². The van der Waals surface area contributed by atoms with Crippen LogP contribution in [0.25, 0.3) is 0 Å². The molecule has 6 heteroatoms. The van der Waals surface area contributed by atoms with Crippen molar-refractivity contribution in [2.75, 3.05) is 22.9 Å². The summed E-state index contributed by atoms with van der Waals surface area (Å²) in [5.41, 5.74) is 7.84. The second-order valence-electron chi connectivity index (χ2n) is 4.46. The van der Waals surface area contributed by atoms with Crippen LogP contribution >= 0.6 is 15.9 Å². The van der Waals surface area contributed by atoms with Crippen molar-refractivity contribution in [3.05, 3.63) is 34.3 Å². The smallest absolute Gasteiger partial charge is 0.223 e. The van der Waals surface area contributed by atoms with Gasteiger partial charge in [0.25, 0.3) is 0 Å². The average molecular weight is 336 g/mol. The van der Waals surface area contributed by atoms with Gasteiger partial charge in [-0.3, -0.25) is 0 Å². The van der Waals surface area contributed by atoms with Crippen LogP contribution in [0.4, 0.5) is 23.3 Å². The lowest BCUT2D eigenvalue weighted by atomic mass is 10.2. The highest BCUT2D eigenvalue weighted by atomic mass is 79.9. The van der Waals surface area contributed by atoms with Gasteiger partial charge >= 0.3 is 0 Å². The lowest BCUT2D eigenvalue weighted by Crippen LogP contribution is -2.07. The van der Waals surface area contributed by atoms with Gasteiger partial charge < -0.3 is 16.4 Å². The summed E-state index contributed by atoms with van der Waals surface area (Å²) >= 11 is 3.51. The predicted octanol–water partition coefficient (Wildman–Crippen LogP) is 3.70. The van der Waals surface area contributed by atoms with Crippen LogP contribution in [0, 0.1) is 6.92 Å². The first-order valence-corrected chi connectivity index (χ1v) is 7.30. The van der Waals surface area contributed by atoms with Gasteiger partial charge in [-0.25, -0.2) is 0 Å². The van der Waals surface area contributed by atoms with Crippen LogP contribution in [0.5, 0.6) is 0 Å². The molecule has 20 heavy (non-hydrogen) atoms. The zero-order valence-electron chi connectivity index (χ0n) is 11.6. The average Bonchev–Trinajstić information content (AvgIpc) is 2.41. The molecular weight excluding hydrogens is 318 g/mol. The number of benzene rings is 1. The quantitative estimate of drug-likeness (QED) is 0.776. The normalized spacial score (nSPS) is 10.3. The van der Waals surface area contributed by atoms with E-state index in [0.717, 1.165) is 34.5 Å². The summed E-state index contributed by atoms with van der Waals surface area (Å²) in [6.45, 7) is 4.99. The Morgan fingerprint density at radius 1 is 1.25 bits per heavy atom. The highest BCUT2D eigenvalue weighted by Gasteiger charge is 2.05. The fraction of sp³-hybridized carbons (Fsp3) is 0.286. The third kappa shape index (κ3) is 3.60. The van der Waals surface area contributed by atoms with Crippen LogP contribution in [0.2, 0.25) is 0 Å². The molecule has 0 atom stereocenters. The van der Waals surface area contributed by atoms with Gasteiger partial charge in [-0.2, -0.15) is 9.97 Å². The van der Waals surface area contributed by atoms with Gasteiger partial charge in [0.05, 0.1) is 0 Å². The van der Waals surface area contributed by atoms with Gasteiger partial charge in [-0.1, -0.05) is 28.9 Å². The van der Waals surface area contributed by atoms with E-state index in [4.69, 9.17) is 5.73 Å². The van der Waals surface area contributed by atoms with E-state index < -0.39 is 0 Å².